The molecule has 23 heavy (non-hydrogen) atoms. The second-order valence-electron chi connectivity index (χ2n) is 6.27. The summed E-state index contributed by atoms with van der Waals surface area (Å²) in [6.45, 7) is 1.77. The molecule has 124 valence electrons. The first-order chi connectivity index (χ1) is 11.0. The number of amides is 2. The van der Waals surface area contributed by atoms with E-state index >= 15 is 0 Å². The van der Waals surface area contributed by atoms with Crippen LogP contribution < -0.4 is 5.73 Å². The van der Waals surface area contributed by atoms with E-state index in [0.717, 1.165) is 30.2 Å². The standard InChI is InChI=1S/C16H20BrN3O3/c17-12-8-11(9-19-10-12)15(22)20-5-1-2-16(13(20)14(18)21)3-6-23-7-4-16/h8-10,13H,1-7H2,(H2,18,21). The third kappa shape index (κ3) is 3.12. The first-order valence-electron chi connectivity index (χ1n) is 7.82. The van der Waals surface area contributed by atoms with E-state index in [4.69, 9.17) is 10.5 Å². The van der Waals surface area contributed by atoms with E-state index in [1.807, 2.05) is 0 Å². The van der Waals surface area contributed by atoms with E-state index < -0.39 is 11.9 Å². The summed E-state index contributed by atoms with van der Waals surface area (Å²) in [4.78, 5) is 30.8. The topological polar surface area (TPSA) is 85.5 Å². The fourth-order valence-electron chi connectivity index (χ4n) is 3.87. The molecule has 2 amide bonds. The molecular weight excluding hydrogens is 362 g/mol. The van der Waals surface area contributed by atoms with Crippen LogP contribution in [0.2, 0.25) is 0 Å². The summed E-state index contributed by atoms with van der Waals surface area (Å²) in [5.41, 5.74) is 5.93. The summed E-state index contributed by atoms with van der Waals surface area (Å²) in [7, 11) is 0. The van der Waals surface area contributed by atoms with Crippen molar-refractivity contribution in [2.45, 2.75) is 31.7 Å². The van der Waals surface area contributed by atoms with Crippen LogP contribution in [-0.2, 0) is 9.53 Å². The molecule has 0 aromatic carbocycles. The van der Waals surface area contributed by atoms with Crippen molar-refractivity contribution in [1.29, 1.82) is 0 Å². The molecule has 6 nitrogen and oxygen atoms in total. The Bertz CT molecular complexity index is 611. The van der Waals surface area contributed by atoms with E-state index in [1.165, 1.54) is 6.20 Å². The van der Waals surface area contributed by atoms with Crippen LogP contribution in [0.15, 0.2) is 22.9 Å². The third-order valence-electron chi connectivity index (χ3n) is 4.94. The second kappa shape index (κ2) is 6.57. The molecule has 1 atom stereocenters. The van der Waals surface area contributed by atoms with E-state index in [-0.39, 0.29) is 11.3 Å². The summed E-state index contributed by atoms with van der Waals surface area (Å²) >= 11 is 3.33. The van der Waals surface area contributed by atoms with Gasteiger partial charge in [0.15, 0.2) is 0 Å². The summed E-state index contributed by atoms with van der Waals surface area (Å²) in [5, 5.41) is 0. The maximum absolute atomic E-state index is 12.9. The van der Waals surface area contributed by atoms with Crippen molar-refractivity contribution in [2.75, 3.05) is 19.8 Å². The van der Waals surface area contributed by atoms with E-state index in [2.05, 4.69) is 20.9 Å². The van der Waals surface area contributed by atoms with Crippen molar-refractivity contribution in [3.05, 3.63) is 28.5 Å². The zero-order valence-electron chi connectivity index (χ0n) is 12.8. The maximum Gasteiger partial charge on any atom is 0.256 e. The van der Waals surface area contributed by atoms with Gasteiger partial charge >= 0.3 is 0 Å². The number of hydrogen-bond acceptors (Lipinski definition) is 4. The highest BCUT2D eigenvalue weighted by Crippen LogP contribution is 2.44. The van der Waals surface area contributed by atoms with Gasteiger partial charge in [-0.05, 0) is 47.7 Å². The van der Waals surface area contributed by atoms with Crippen molar-refractivity contribution in [3.8, 4) is 0 Å². The zero-order chi connectivity index (χ0) is 16.4. The molecule has 0 bridgehead atoms. The Hall–Kier alpha value is -1.47. The van der Waals surface area contributed by atoms with Crippen LogP contribution in [0.25, 0.3) is 0 Å². The normalized spacial score (nSPS) is 23.7. The number of halogens is 1. The fourth-order valence-corrected chi connectivity index (χ4v) is 4.23. The molecule has 3 rings (SSSR count). The number of carbonyl (C=O) groups excluding carboxylic acids is 2. The van der Waals surface area contributed by atoms with Crippen molar-refractivity contribution in [1.82, 2.24) is 9.88 Å². The smallest absolute Gasteiger partial charge is 0.256 e. The van der Waals surface area contributed by atoms with Crippen molar-refractivity contribution in [3.63, 3.8) is 0 Å². The van der Waals surface area contributed by atoms with Crippen LogP contribution in [0.4, 0.5) is 0 Å². The SMILES string of the molecule is NC(=O)C1N(C(=O)c2cncc(Br)c2)CCCC12CCOCC2. The number of rotatable bonds is 2. The molecule has 2 fully saturated rings. The maximum atomic E-state index is 12.9. The van der Waals surface area contributed by atoms with Crippen LogP contribution in [-0.4, -0.2) is 47.5 Å². The van der Waals surface area contributed by atoms with Gasteiger partial charge in [0.05, 0.1) is 5.56 Å². The summed E-state index contributed by atoms with van der Waals surface area (Å²) in [6.07, 6.45) is 6.46. The number of ether oxygens (including phenoxy) is 1. The van der Waals surface area contributed by atoms with Crippen molar-refractivity contribution in [2.24, 2.45) is 11.1 Å². The molecule has 0 saturated carbocycles. The highest BCUT2D eigenvalue weighted by atomic mass is 79.9. The lowest BCUT2D eigenvalue weighted by Crippen LogP contribution is -2.61. The van der Waals surface area contributed by atoms with Gasteiger partial charge in [0.25, 0.3) is 5.91 Å². The number of aromatic nitrogens is 1. The first kappa shape index (κ1) is 16.4. The molecule has 0 aliphatic carbocycles. The number of nitrogens with two attached hydrogens (primary N) is 1. The van der Waals surface area contributed by atoms with Crippen LogP contribution in [0.1, 0.15) is 36.0 Å². The minimum absolute atomic E-state index is 0.187. The minimum atomic E-state index is -0.577. The molecule has 1 aromatic heterocycles. The summed E-state index contributed by atoms with van der Waals surface area (Å²) < 4.78 is 6.18. The van der Waals surface area contributed by atoms with Crippen LogP contribution in [0.3, 0.4) is 0 Å². The van der Waals surface area contributed by atoms with Gasteiger partial charge in [-0.25, -0.2) is 0 Å². The van der Waals surface area contributed by atoms with E-state index in [1.54, 1.807) is 17.2 Å². The molecule has 0 radical (unpaired) electrons. The predicted molar refractivity (Wildman–Crippen MR) is 87.7 cm³/mol. The Morgan fingerprint density at radius 3 is 2.70 bits per heavy atom. The van der Waals surface area contributed by atoms with Gasteiger partial charge in [0.2, 0.25) is 5.91 Å². The van der Waals surface area contributed by atoms with Gasteiger partial charge < -0.3 is 15.4 Å². The van der Waals surface area contributed by atoms with Crippen molar-refractivity contribution >= 4 is 27.7 Å². The van der Waals surface area contributed by atoms with E-state index in [9.17, 15) is 9.59 Å². The highest BCUT2D eigenvalue weighted by Gasteiger charge is 2.50. The van der Waals surface area contributed by atoms with Crippen molar-refractivity contribution < 1.29 is 14.3 Å². The molecular formula is C16H20BrN3O3. The number of hydrogen-bond donors (Lipinski definition) is 1. The van der Waals surface area contributed by atoms with Gasteiger partial charge in [-0.15, -0.1) is 0 Å². The van der Waals surface area contributed by atoms with Gasteiger partial charge in [-0.2, -0.15) is 0 Å². The Morgan fingerprint density at radius 1 is 1.30 bits per heavy atom. The monoisotopic (exact) mass is 381 g/mol. The molecule has 2 aliphatic heterocycles. The Morgan fingerprint density at radius 2 is 2.04 bits per heavy atom. The Kier molecular flexibility index (Phi) is 4.68. The molecule has 1 aromatic rings. The molecule has 2 aliphatic rings. The van der Waals surface area contributed by atoms with E-state index in [0.29, 0.717) is 25.3 Å². The van der Waals surface area contributed by atoms with Gasteiger partial charge in [0.1, 0.15) is 6.04 Å². The lowest BCUT2D eigenvalue weighted by molar-refractivity contribution is -0.134. The average molecular weight is 382 g/mol. The summed E-state index contributed by atoms with van der Waals surface area (Å²) in [6, 6.07) is 1.14. The Balaban J connectivity index is 1.93. The van der Waals surface area contributed by atoms with Gasteiger partial charge in [-0.3, -0.25) is 14.6 Å². The zero-order valence-corrected chi connectivity index (χ0v) is 14.4. The number of pyridine rings is 1. The largest absolute Gasteiger partial charge is 0.381 e. The number of piperidine rings is 1. The quantitative estimate of drug-likeness (QED) is 0.844. The molecule has 2 saturated heterocycles. The molecule has 3 heterocycles. The average Bonchev–Trinajstić information content (AvgIpc) is 2.54. The third-order valence-corrected chi connectivity index (χ3v) is 5.37. The van der Waals surface area contributed by atoms with Crippen LogP contribution >= 0.6 is 15.9 Å². The van der Waals surface area contributed by atoms with Crippen LogP contribution in [0, 0.1) is 5.41 Å². The predicted octanol–water partition coefficient (Wildman–Crippen LogP) is 1.73. The fraction of sp³-hybridized carbons (Fsp3) is 0.562. The first-order valence-corrected chi connectivity index (χ1v) is 8.61. The minimum Gasteiger partial charge on any atom is -0.381 e. The lowest BCUT2D eigenvalue weighted by Gasteiger charge is -2.50. The Labute approximate surface area is 143 Å². The molecule has 1 spiro atoms. The second-order valence-corrected chi connectivity index (χ2v) is 7.19. The lowest BCUT2D eigenvalue weighted by atomic mass is 9.67. The highest BCUT2D eigenvalue weighted by molar-refractivity contribution is 9.10. The number of carbonyl (C=O) groups is 2. The molecule has 7 heteroatoms. The molecule has 1 unspecified atom stereocenters. The van der Waals surface area contributed by atoms with Gasteiger partial charge in [-0.1, -0.05) is 0 Å². The molecule has 2 N–H and O–H groups in total. The van der Waals surface area contributed by atoms with Gasteiger partial charge in [0, 0.05) is 42.0 Å². The number of likely N-dealkylation sites (tertiary alicyclic amines) is 1. The summed E-state index contributed by atoms with van der Waals surface area (Å²) in [5.74, 6) is -0.615. The number of primary amides is 1. The van der Waals surface area contributed by atoms with Crippen LogP contribution in [0.5, 0.6) is 0 Å². The number of nitrogens with zero attached hydrogens (tertiary/aromatic N) is 2.